The molecule has 0 radical (unpaired) electrons. The molecule has 2 aliphatic rings. The molecular formula is C18H37IN4O. The van der Waals surface area contributed by atoms with Gasteiger partial charge in [0.15, 0.2) is 5.96 Å². The lowest BCUT2D eigenvalue weighted by Crippen LogP contribution is -2.49. The van der Waals surface area contributed by atoms with E-state index < -0.39 is 0 Å². The van der Waals surface area contributed by atoms with E-state index in [0.717, 1.165) is 51.9 Å². The molecule has 5 nitrogen and oxygen atoms in total. The van der Waals surface area contributed by atoms with Crippen LogP contribution in [0.3, 0.4) is 0 Å². The summed E-state index contributed by atoms with van der Waals surface area (Å²) >= 11 is 0. The number of nitrogens with zero attached hydrogens (tertiary/aromatic N) is 3. The average molecular weight is 452 g/mol. The third-order valence-electron chi connectivity index (χ3n) is 5.48. The van der Waals surface area contributed by atoms with Gasteiger partial charge in [-0.3, -0.25) is 9.89 Å². The van der Waals surface area contributed by atoms with Gasteiger partial charge < -0.3 is 15.4 Å². The van der Waals surface area contributed by atoms with E-state index in [-0.39, 0.29) is 24.0 Å². The molecule has 142 valence electrons. The molecule has 0 aromatic heterocycles. The molecule has 0 saturated carbocycles. The quantitative estimate of drug-likeness (QED) is 0.383. The minimum Gasteiger partial charge on any atom is -0.379 e. The first-order valence-corrected chi connectivity index (χ1v) is 9.62. The molecule has 0 spiro atoms. The van der Waals surface area contributed by atoms with Crippen LogP contribution in [0, 0.1) is 5.92 Å². The van der Waals surface area contributed by atoms with E-state index in [1.54, 1.807) is 0 Å². The molecule has 1 unspecified atom stereocenters. The maximum absolute atomic E-state index is 6.31. The molecule has 0 aromatic rings. The Bertz CT molecular complexity index is 349. The van der Waals surface area contributed by atoms with Gasteiger partial charge in [0.25, 0.3) is 0 Å². The summed E-state index contributed by atoms with van der Waals surface area (Å²) in [6.45, 7) is 11.3. The molecule has 2 heterocycles. The summed E-state index contributed by atoms with van der Waals surface area (Å²) in [6.07, 6.45) is 7.56. The Hall–Kier alpha value is -0.0800. The Labute approximate surface area is 165 Å². The highest BCUT2D eigenvalue weighted by Gasteiger charge is 2.27. The van der Waals surface area contributed by atoms with Crippen molar-refractivity contribution in [2.45, 2.75) is 58.4 Å². The molecule has 0 aliphatic carbocycles. The Morgan fingerprint density at radius 1 is 1.00 bits per heavy atom. The predicted molar refractivity (Wildman–Crippen MR) is 112 cm³/mol. The fourth-order valence-electron chi connectivity index (χ4n) is 3.89. The third-order valence-corrected chi connectivity index (χ3v) is 5.48. The monoisotopic (exact) mass is 452 g/mol. The number of halogens is 1. The van der Waals surface area contributed by atoms with Gasteiger partial charge in [-0.05, 0) is 18.8 Å². The van der Waals surface area contributed by atoms with E-state index in [1.165, 1.54) is 38.5 Å². The van der Waals surface area contributed by atoms with E-state index in [0.29, 0.717) is 12.0 Å². The zero-order chi connectivity index (χ0) is 16.5. The fraction of sp³-hybridized carbons (Fsp3) is 0.944. The van der Waals surface area contributed by atoms with Gasteiger partial charge in [0, 0.05) is 32.2 Å². The molecular weight excluding hydrogens is 415 g/mol. The standard InChI is InChI=1S/C18H36N4O.HI/c1-3-16(4-2)17(21-11-13-23-14-12-21)15-20-18(19)22-9-7-5-6-8-10-22;/h16-17H,3-15H2,1-2H3,(H2,19,20);1H. The highest BCUT2D eigenvalue weighted by molar-refractivity contribution is 14.0. The van der Waals surface area contributed by atoms with Crippen LogP contribution in [0.5, 0.6) is 0 Å². The zero-order valence-corrected chi connectivity index (χ0v) is 17.9. The largest absolute Gasteiger partial charge is 0.379 e. The highest BCUT2D eigenvalue weighted by atomic mass is 127. The van der Waals surface area contributed by atoms with Gasteiger partial charge in [0.2, 0.25) is 0 Å². The summed E-state index contributed by atoms with van der Waals surface area (Å²) in [7, 11) is 0. The van der Waals surface area contributed by atoms with Gasteiger partial charge >= 0.3 is 0 Å². The number of aliphatic imine (C=N–C) groups is 1. The van der Waals surface area contributed by atoms with Crippen LogP contribution < -0.4 is 5.73 Å². The van der Waals surface area contributed by atoms with Crippen LogP contribution in [0.15, 0.2) is 4.99 Å². The maximum Gasteiger partial charge on any atom is 0.191 e. The number of hydrogen-bond acceptors (Lipinski definition) is 3. The first kappa shape index (κ1) is 22.0. The summed E-state index contributed by atoms with van der Waals surface area (Å²) < 4.78 is 5.52. The smallest absolute Gasteiger partial charge is 0.191 e. The van der Waals surface area contributed by atoms with Crippen LogP contribution in [0.25, 0.3) is 0 Å². The molecule has 6 heteroatoms. The SMILES string of the molecule is CCC(CC)C(CN=C(N)N1CCCCCC1)N1CCOCC1.I. The van der Waals surface area contributed by atoms with Crippen LogP contribution >= 0.6 is 24.0 Å². The molecule has 2 fully saturated rings. The predicted octanol–water partition coefficient (Wildman–Crippen LogP) is 2.93. The van der Waals surface area contributed by atoms with Gasteiger partial charge in [-0.1, -0.05) is 39.5 Å². The lowest BCUT2D eigenvalue weighted by Gasteiger charge is -2.38. The van der Waals surface area contributed by atoms with Gasteiger partial charge in [0.05, 0.1) is 19.8 Å². The second kappa shape index (κ2) is 12.3. The molecule has 0 aromatic carbocycles. The third kappa shape index (κ3) is 6.67. The van der Waals surface area contributed by atoms with Crippen molar-refractivity contribution < 1.29 is 4.74 Å². The van der Waals surface area contributed by atoms with Crippen molar-refractivity contribution in [3.63, 3.8) is 0 Å². The number of morpholine rings is 1. The first-order valence-electron chi connectivity index (χ1n) is 9.62. The Kier molecular flexibility index (Phi) is 11.3. The number of rotatable bonds is 6. The number of hydrogen-bond donors (Lipinski definition) is 1. The fourth-order valence-corrected chi connectivity index (χ4v) is 3.89. The Morgan fingerprint density at radius 3 is 2.12 bits per heavy atom. The molecule has 2 N–H and O–H groups in total. The van der Waals surface area contributed by atoms with E-state index in [2.05, 4.69) is 23.6 Å². The van der Waals surface area contributed by atoms with E-state index in [9.17, 15) is 0 Å². The zero-order valence-electron chi connectivity index (χ0n) is 15.6. The summed E-state index contributed by atoms with van der Waals surface area (Å²) in [5.74, 6) is 1.45. The molecule has 2 rings (SSSR count). The number of guanidine groups is 1. The second-order valence-electron chi connectivity index (χ2n) is 6.89. The van der Waals surface area contributed by atoms with Crippen molar-refractivity contribution in [2.24, 2.45) is 16.6 Å². The normalized spacial score (nSPS) is 22.1. The lowest BCUT2D eigenvalue weighted by atomic mass is 9.92. The highest BCUT2D eigenvalue weighted by Crippen LogP contribution is 2.20. The van der Waals surface area contributed by atoms with Crippen molar-refractivity contribution in [1.29, 1.82) is 0 Å². The van der Waals surface area contributed by atoms with Gasteiger partial charge in [-0.15, -0.1) is 24.0 Å². The number of nitrogens with two attached hydrogens (primary N) is 1. The lowest BCUT2D eigenvalue weighted by molar-refractivity contribution is 0.00392. The van der Waals surface area contributed by atoms with Crippen molar-refractivity contribution >= 4 is 29.9 Å². The number of ether oxygens (including phenoxy) is 1. The molecule has 0 bridgehead atoms. The first-order chi connectivity index (χ1) is 11.3. The van der Waals surface area contributed by atoms with Crippen LogP contribution in [-0.2, 0) is 4.74 Å². The van der Waals surface area contributed by atoms with E-state index >= 15 is 0 Å². The molecule has 0 amide bonds. The Balaban J connectivity index is 0.00000288. The Morgan fingerprint density at radius 2 is 1.58 bits per heavy atom. The van der Waals surface area contributed by atoms with Crippen LogP contribution in [-0.4, -0.2) is 67.7 Å². The molecule has 1 atom stereocenters. The summed E-state index contributed by atoms with van der Waals surface area (Å²) in [5, 5.41) is 0. The van der Waals surface area contributed by atoms with Crippen molar-refractivity contribution in [3.8, 4) is 0 Å². The van der Waals surface area contributed by atoms with Crippen molar-refractivity contribution in [3.05, 3.63) is 0 Å². The minimum absolute atomic E-state index is 0. The van der Waals surface area contributed by atoms with Crippen LogP contribution in [0.2, 0.25) is 0 Å². The van der Waals surface area contributed by atoms with E-state index in [1.807, 2.05) is 0 Å². The van der Waals surface area contributed by atoms with Crippen LogP contribution in [0.1, 0.15) is 52.4 Å². The van der Waals surface area contributed by atoms with Gasteiger partial charge in [-0.25, -0.2) is 0 Å². The molecule has 24 heavy (non-hydrogen) atoms. The van der Waals surface area contributed by atoms with Crippen LogP contribution in [0.4, 0.5) is 0 Å². The summed E-state index contributed by atoms with van der Waals surface area (Å²) in [4.78, 5) is 9.68. The summed E-state index contributed by atoms with van der Waals surface area (Å²) in [5.41, 5.74) is 6.31. The van der Waals surface area contributed by atoms with Gasteiger partial charge in [0.1, 0.15) is 0 Å². The van der Waals surface area contributed by atoms with Crippen molar-refractivity contribution in [1.82, 2.24) is 9.80 Å². The average Bonchev–Trinajstić information content (AvgIpc) is 2.88. The molecule has 2 saturated heterocycles. The minimum atomic E-state index is 0. The van der Waals surface area contributed by atoms with Crippen molar-refractivity contribution in [2.75, 3.05) is 45.9 Å². The number of likely N-dealkylation sites (tertiary alicyclic amines) is 1. The summed E-state index contributed by atoms with van der Waals surface area (Å²) in [6, 6.07) is 0.499. The molecule has 2 aliphatic heterocycles. The maximum atomic E-state index is 6.31. The second-order valence-corrected chi connectivity index (χ2v) is 6.89. The topological polar surface area (TPSA) is 54.1 Å². The van der Waals surface area contributed by atoms with E-state index in [4.69, 9.17) is 15.5 Å². The van der Waals surface area contributed by atoms with Gasteiger partial charge in [-0.2, -0.15) is 0 Å².